The lowest BCUT2D eigenvalue weighted by molar-refractivity contribution is -0.0416. The molecule has 0 aromatic carbocycles. The minimum Gasteiger partial charge on any atom is -0.371 e. The van der Waals surface area contributed by atoms with E-state index in [1.165, 1.54) is 0 Å². The van der Waals surface area contributed by atoms with Gasteiger partial charge in [-0.25, -0.2) is 0 Å². The molecule has 1 unspecified atom stereocenters. The van der Waals surface area contributed by atoms with Crippen molar-refractivity contribution in [2.45, 2.75) is 31.5 Å². The summed E-state index contributed by atoms with van der Waals surface area (Å²) in [4.78, 5) is 2.19. The Kier molecular flexibility index (Phi) is 2.41. The van der Waals surface area contributed by atoms with Crippen LogP contribution in [0.2, 0.25) is 0 Å². The zero-order valence-corrected chi connectivity index (χ0v) is 12.1. The molecule has 17 heavy (non-hydrogen) atoms. The van der Waals surface area contributed by atoms with E-state index in [0.29, 0.717) is 0 Å². The molecule has 0 bridgehead atoms. The highest BCUT2D eigenvalue weighted by Crippen LogP contribution is 2.47. The van der Waals surface area contributed by atoms with Crippen LogP contribution in [-0.4, -0.2) is 22.8 Å². The van der Waals surface area contributed by atoms with Crippen LogP contribution in [0, 0.1) is 0 Å². The van der Waals surface area contributed by atoms with Crippen molar-refractivity contribution in [1.82, 2.24) is 10.2 Å². The molecule has 92 valence electrons. The molecule has 1 saturated heterocycles. The number of hydrogen-bond acceptors (Lipinski definition) is 3. The summed E-state index contributed by atoms with van der Waals surface area (Å²) >= 11 is 9.76. The highest BCUT2D eigenvalue weighted by molar-refractivity contribution is 9.11. The van der Waals surface area contributed by atoms with Gasteiger partial charge in [-0.1, -0.05) is 11.6 Å². The van der Waals surface area contributed by atoms with Crippen LogP contribution in [0.5, 0.6) is 0 Å². The molecule has 0 aromatic heterocycles. The van der Waals surface area contributed by atoms with Gasteiger partial charge in [0.25, 0.3) is 0 Å². The number of hydrogen-bond donors (Lipinski definition) is 1. The average Bonchev–Trinajstić information content (AvgIpc) is 2.72. The van der Waals surface area contributed by atoms with Crippen molar-refractivity contribution in [2.24, 2.45) is 0 Å². The summed E-state index contributed by atoms with van der Waals surface area (Å²) in [5.74, 6) is 0. The minimum atomic E-state index is -0.260. The topological polar surface area (TPSA) is 24.5 Å². The van der Waals surface area contributed by atoms with Gasteiger partial charge in [-0.3, -0.25) is 0 Å². The van der Waals surface area contributed by atoms with Gasteiger partial charge in [0.2, 0.25) is 0 Å². The first-order chi connectivity index (χ1) is 7.96. The Hall–Kier alpha value is -0.450. The van der Waals surface area contributed by atoms with Gasteiger partial charge in [0.05, 0.1) is 17.3 Å². The SMILES string of the molecule is CC1(C)OCCC12NC=C1C(Cl)=CC(Br)=CN12. The molecule has 5 heteroatoms. The van der Waals surface area contributed by atoms with E-state index in [9.17, 15) is 0 Å². The molecule has 3 aliphatic heterocycles. The van der Waals surface area contributed by atoms with E-state index >= 15 is 0 Å². The highest BCUT2D eigenvalue weighted by atomic mass is 79.9. The summed E-state index contributed by atoms with van der Waals surface area (Å²) < 4.78 is 6.83. The number of nitrogens with zero attached hydrogens (tertiary/aromatic N) is 1. The summed E-state index contributed by atoms with van der Waals surface area (Å²) in [5.41, 5.74) is 0.521. The van der Waals surface area contributed by atoms with Crippen molar-refractivity contribution in [2.75, 3.05) is 6.61 Å². The molecule has 3 rings (SSSR count). The Balaban J connectivity index is 2.07. The molecule has 0 amide bonds. The maximum atomic E-state index is 6.27. The van der Waals surface area contributed by atoms with Gasteiger partial charge in [-0.15, -0.1) is 0 Å². The zero-order valence-electron chi connectivity index (χ0n) is 9.76. The lowest BCUT2D eigenvalue weighted by atomic mass is 9.89. The summed E-state index contributed by atoms with van der Waals surface area (Å²) in [5, 5.41) is 4.21. The Labute approximate surface area is 114 Å². The lowest BCUT2D eigenvalue weighted by Gasteiger charge is -2.45. The largest absolute Gasteiger partial charge is 0.371 e. The third kappa shape index (κ3) is 1.44. The molecule has 1 N–H and O–H groups in total. The zero-order chi connectivity index (χ0) is 12.3. The molecular weight excluding hydrogens is 304 g/mol. The molecular formula is C12H14BrClN2O. The number of rotatable bonds is 0. The van der Waals surface area contributed by atoms with Crippen molar-refractivity contribution in [3.8, 4) is 0 Å². The van der Waals surface area contributed by atoms with Crippen LogP contribution in [0.4, 0.5) is 0 Å². The van der Waals surface area contributed by atoms with Crippen LogP contribution in [0.25, 0.3) is 0 Å². The molecule has 1 fully saturated rings. The van der Waals surface area contributed by atoms with E-state index < -0.39 is 0 Å². The molecule has 3 aliphatic rings. The number of fused-ring (bicyclic) bond motifs is 2. The molecule has 3 heterocycles. The molecule has 1 spiro atoms. The first-order valence-electron chi connectivity index (χ1n) is 5.62. The van der Waals surface area contributed by atoms with E-state index in [0.717, 1.165) is 28.2 Å². The Morgan fingerprint density at radius 3 is 2.94 bits per heavy atom. The van der Waals surface area contributed by atoms with Gasteiger partial charge in [-0.2, -0.15) is 0 Å². The fourth-order valence-electron chi connectivity index (χ4n) is 2.78. The summed E-state index contributed by atoms with van der Waals surface area (Å²) in [7, 11) is 0. The molecule has 0 aromatic rings. The van der Waals surface area contributed by atoms with Crippen LogP contribution in [0.15, 0.2) is 33.7 Å². The molecule has 1 atom stereocenters. The molecule has 0 radical (unpaired) electrons. The smallest absolute Gasteiger partial charge is 0.145 e. The van der Waals surface area contributed by atoms with Crippen LogP contribution in [-0.2, 0) is 4.74 Å². The van der Waals surface area contributed by atoms with Crippen LogP contribution in [0.3, 0.4) is 0 Å². The van der Waals surface area contributed by atoms with Crippen molar-refractivity contribution in [1.29, 1.82) is 0 Å². The van der Waals surface area contributed by atoms with E-state index in [4.69, 9.17) is 16.3 Å². The predicted molar refractivity (Wildman–Crippen MR) is 71.4 cm³/mol. The van der Waals surface area contributed by atoms with Gasteiger partial charge < -0.3 is 15.0 Å². The standard InChI is InChI=1S/C12H14BrClN2O/c1-11(2)12(3-4-17-11)15-6-10-9(14)5-8(13)7-16(10)12/h5-7,15H,3-4H2,1-2H3. The predicted octanol–water partition coefficient (Wildman–Crippen LogP) is 3.00. The first kappa shape index (κ1) is 11.6. The summed E-state index contributed by atoms with van der Waals surface area (Å²) in [6.45, 7) is 4.97. The number of ether oxygens (including phenoxy) is 1. The molecule has 0 saturated carbocycles. The van der Waals surface area contributed by atoms with E-state index in [1.54, 1.807) is 0 Å². The Morgan fingerprint density at radius 2 is 2.29 bits per heavy atom. The minimum absolute atomic E-state index is 0.226. The van der Waals surface area contributed by atoms with E-state index in [2.05, 4.69) is 46.2 Å². The fraction of sp³-hybridized carbons (Fsp3) is 0.500. The third-order valence-electron chi connectivity index (χ3n) is 3.80. The van der Waals surface area contributed by atoms with Crippen molar-refractivity contribution >= 4 is 27.5 Å². The van der Waals surface area contributed by atoms with Crippen LogP contribution in [0.1, 0.15) is 20.3 Å². The van der Waals surface area contributed by atoms with Crippen LogP contribution < -0.4 is 5.32 Å². The van der Waals surface area contributed by atoms with E-state index in [1.807, 2.05) is 12.3 Å². The normalized spacial score (nSPS) is 34.1. The van der Waals surface area contributed by atoms with Gasteiger partial charge in [0.1, 0.15) is 11.3 Å². The van der Waals surface area contributed by atoms with Crippen LogP contribution >= 0.6 is 27.5 Å². The van der Waals surface area contributed by atoms with Gasteiger partial charge in [0.15, 0.2) is 0 Å². The van der Waals surface area contributed by atoms with Gasteiger partial charge >= 0.3 is 0 Å². The summed E-state index contributed by atoms with van der Waals surface area (Å²) in [6.07, 6.45) is 6.88. The number of halogens is 2. The van der Waals surface area contributed by atoms with Crippen molar-refractivity contribution in [3.63, 3.8) is 0 Å². The van der Waals surface area contributed by atoms with E-state index in [-0.39, 0.29) is 11.3 Å². The van der Waals surface area contributed by atoms with Crippen molar-refractivity contribution < 1.29 is 4.74 Å². The lowest BCUT2D eigenvalue weighted by Crippen LogP contribution is -2.61. The maximum Gasteiger partial charge on any atom is 0.145 e. The first-order valence-corrected chi connectivity index (χ1v) is 6.79. The van der Waals surface area contributed by atoms with Gasteiger partial charge in [-0.05, 0) is 35.9 Å². The second kappa shape index (κ2) is 3.53. The summed E-state index contributed by atoms with van der Waals surface area (Å²) in [6, 6.07) is 0. The third-order valence-corrected chi connectivity index (χ3v) is 4.54. The Bertz CT molecular complexity index is 469. The monoisotopic (exact) mass is 316 g/mol. The Morgan fingerprint density at radius 1 is 1.53 bits per heavy atom. The molecule has 3 nitrogen and oxygen atoms in total. The second-order valence-electron chi connectivity index (χ2n) is 5.02. The number of nitrogens with one attached hydrogen (secondary N) is 1. The van der Waals surface area contributed by atoms with Crippen molar-refractivity contribution in [3.05, 3.63) is 33.7 Å². The molecule has 0 aliphatic carbocycles. The fourth-order valence-corrected chi connectivity index (χ4v) is 3.61. The quantitative estimate of drug-likeness (QED) is 0.743. The second-order valence-corrected chi connectivity index (χ2v) is 6.34. The maximum absolute atomic E-state index is 6.27. The highest BCUT2D eigenvalue weighted by Gasteiger charge is 2.57. The average molecular weight is 318 g/mol. The van der Waals surface area contributed by atoms with Gasteiger partial charge in [0, 0.05) is 23.3 Å². The number of allylic oxidation sites excluding steroid dienone is 3.